The van der Waals surface area contributed by atoms with Gasteiger partial charge in [-0.3, -0.25) is 4.79 Å². The number of allylic oxidation sites excluding steroid dienone is 1. The van der Waals surface area contributed by atoms with Crippen molar-refractivity contribution in [1.29, 1.82) is 0 Å². The molecule has 0 radical (unpaired) electrons. The van der Waals surface area contributed by atoms with Crippen LogP contribution < -0.4 is 0 Å². The lowest BCUT2D eigenvalue weighted by Crippen LogP contribution is -1.94. The lowest BCUT2D eigenvalue weighted by Gasteiger charge is -2.04. The first-order valence-corrected chi connectivity index (χ1v) is 6.16. The molecule has 4 nitrogen and oxygen atoms in total. The highest BCUT2D eigenvalue weighted by molar-refractivity contribution is 6.11. The summed E-state index contributed by atoms with van der Waals surface area (Å²) in [5.74, 6) is -0.280. The van der Waals surface area contributed by atoms with Crippen LogP contribution in [0.5, 0.6) is 11.5 Å². The third kappa shape index (κ3) is 2.09. The minimum absolute atomic E-state index is 0.0950. The highest BCUT2D eigenvalue weighted by Gasteiger charge is 2.22. The Labute approximate surface area is 116 Å². The number of hydrogen-bond donors (Lipinski definition) is 2. The van der Waals surface area contributed by atoms with Gasteiger partial charge in [-0.05, 0) is 32.9 Å². The van der Waals surface area contributed by atoms with Crippen molar-refractivity contribution in [3.8, 4) is 11.5 Å². The molecule has 0 aliphatic rings. The van der Waals surface area contributed by atoms with Gasteiger partial charge in [0.15, 0.2) is 28.6 Å². The van der Waals surface area contributed by atoms with Gasteiger partial charge in [0, 0.05) is 11.1 Å². The molecule has 1 aromatic heterocycles. The molecule has 2 N–H and O–H groups in total. The molecule has 0 amide bonds. The maximum absolute atomic E-state index is 11.7. The molecule has 0 unspecified atom stereocenters. The Kier molecular flexibility index (Phi) is 3.40. The molecule has 0 bridgehead atoms. The van der Waals surface area contributed by atoms with Crippen molar-refractivity contribution in [1.82, 2.24) is 0 Å². The van der Waals surface area contributed by atoms with Crippen LogP contribution in [-0.2, 0) is 0 Å². The molecule has 2 rings (SSSR count). The second-order valence-electron chi connectivity index (χ2n) is 4.86. The van der Waals surface area contributed by atoms with Gasteiger partial charge in [-0.15, -0.1) is 0 Å². The van der Waals surface area contributed by atoms with E-state index in [1.54, 1.807) is 6.08 Å². The average Bonchev–Trinajstić information content (AvgIpc) is 2.68. The van der Waals surface area contributed by atoms with E-state index < -0.39 is 0 Å². The fraction of sp³-hybridized carbons (Fsp3) is 0.188. The summed E-state index contributed by atoms with van der Waals surface area (Å²) in [4.78, 5) is 11.7. The fourth-order valence-electron chi connectivity index (χ4n) is 2.08. The van der Waals surface area contributed by atoms with Crippen LogP contribution in [0.3, 0.4) is 0 Å². The number of benzene rings is 1. The van der Waals surface area contributed by atoms with Crippen molar-refractivity contribution >= 4 is 28.9 Å². The lowest BCUT2D eigenvalue weighted by molar-refractivity contribution is 0.101. The number of phenols is 1. The quantitative estimate of drug-likeness (QED) is 0.825. The van der Waals surface area contributed by atoms with Crippen molar-refractivity contribution in [2.24, 2.45) is 0 Å². The normalized spacial score (nSPS) is 10.6. The third-order valence-corrected chi connectivity index (χ3v) is 2.99. The van der Waals surface area contributed by atoms with E-state index in [9.17, 15) is 15.0 Å². The highest BCUT2D eigenvalue weighted by Crippen LogP contribution is 2.42. The Morgan fingerprint density at radius 3 is 2.40 bits per heavy atom. The van der Waals surface area contributed by atoms with Crippen LogP contribution in [0.1, 0.15) is 42.5 Å². The van der Waals surface area contributed by atoms with Crippen LogP contribution in [0.25, 0.3) is 23.1 Å². The lowest BCUT2D eigenvalue weighted by atomic mass is 10.0. The molecule has 0 spiro atoms. The van der Waals surface area contributed by atoms with Gasteiger partial charge >= 0.3 is 0 Å². The zero-order chi connectivity index (χ0) is 15.0. The molecule has 1 heterocycles. The Balaban J connectivity index is 2.96. The maximum atomic E-state index is 11.7. The SMILES string of the molecule is C=Cc1cc(C(C)=O)c2c(O)c(C=C(C)C)oc2c1O. The van der Waals surface area contributed by atoms with Crippen molar-refractivity contribution < 1.29 is 19.4 Å². The molecule has 4 heteroatoms. The first-order chi connectivity index (χ1) is 9.36. The molecule has 0 saturated carbocycles. The van der Waals surface area contributed by atoms with Crippen LogP contribution in [0.15, 0.2) is 22.6 Å². The minimum atomic E-state index is -0.224. The zero-order valence-electron chi connectivity index (χ0n) is 11.7. The van der Waals surface area contributed by atoms with Crippen LogP contribution in [0, 0.1) is 0 Å². The van der Waals surface area contributed by atoms with Crippen molar-refractivity contribution in [3.05, 3.63) is 35.1 Å². The number of aromatic hydroxyl groups is 2. The Morgan fingerprint density at radius 2 is 1.90 bits per heavy atom. The van der Waals surface area contributed by atoms with E-state index in [0.29, 0.717) is 11.1 Å². The first kappa shape index (κ1) is 13.9. The van der Waals surface area contributed by atoms with Gasteiger partial charge in [-0.1, -0.05) is 18.2 Å². The van der Waals surface area contributed by atoms with Crippen molar-refractivity contribution in [3.63, 3.8) is 0 Å². The summed E-state index contributed by atoms with van der Waals surface area (Å²) in [6, 6.07) is 1.49. The van der Waals surface area contributed by atoms with Gasteiger partial charge in [0.05, 0.1) is 5.39 Å². The molecule has 20 heavy (non-hydrogen) atoms. The molecule has 0 atom stereocenters. The largest absolute Gasteiger partial charge is 0.504 e. The second-order valence-corrected chi connectivity index (χ2v) is 4.86. The predicted octanol–water partition coefficient (Wildman–Crippen LogP) is 4.11. The van der Waals surface area contributed by atoms with Crippen LogP contribution >= 0.6 is 0 Å². The van der Waals surface area contributed by atoms with E-state index in [2.05, 4.69) is 6.58 Å². The van der Waals surface area contributed by atoms with Gasteiger partial charge in [0.25, 0.3) is 0 Å². The molecule has 0 saturated heterocycles. The summed E-state index contributed by atoms with van der Waals surface area (Å²) in [6.07, 6.45) is 3.08. The number of carbonyl (C=O) groups is 1. The first-order valence-electron chi connectivity index (χ1n) is 6.16. The average molecular weight is 272 g/mol. The van der Waals surface area contributed by atoms with Crippen LogP contribution in [0.2, 0.25) is 0 Å². The molecular weight excluding hydrogens is 256 g/mol. The summed E-state index contributed by atoms with van der Waals surface area (Å²) in [5, 5.41) is 20.6. The predicted molar refractivity (Wildman–Crippen MR) is 79.0 cm³/mol. The van der Waals surface area contributed by atoms with Gasteiger partial charge in [0.2, 0.25) is 0 Å². The number of furan rings is 1. The van der Waals surface area contributed by atoms with Gasteiger partial charge in [0.1, 0.15) is 0 Å². The van der Waals surface area contributed by atoms with E-state index >= 15 is 0 Å². The molecule has 0 aliphatic carbocycles. The maximum Gasteiger partial charge on any atom is 0.181 e. The topological polar surface area (TPSA) is 70.7 Å². The summed E-state index contributed by atoms with van der Waals surface area (Å²) in [7, 11) is 0. The van der Waals surface area contributed by atoms with Gasteiger partial charge in [-0.25, -0.2) is 0 Å². The Hall–Kier alpha value is -2.49. The summed E-state index contributed by atoms with van der Waals surface area (Å²) >= 11 is 0. The van der Waals surface area contributed by atoms with E-state index in [4.69, 9.17) is 4.42 Å². The molecule has 1 aromatic carbocycles. The van der Waals surface area contributed by atoms with E-state index in [-0.39, 0.29) is 34.0 Å². The van der Waals surface area contributed by atoms with Gasteiger partial charge in [-0.2, -0.15) is 0 Å². The monoisotopic (exact) mass is 272 g/mol. The number of carbonyl (C=O) groups excluding carboxylic acids is 1. The number of fused-ring (bicyclic) bond motifs is 1. The van der Waals surface area contributed by atoms with Crippen molar-refractivity contribution in [2.75, 3.05) is 0 Å². The van der Waals surface area contributed by atoms with E-state index in [1.807, 2.05) is 13.8 Å². The number of Topliss-reactive ketones (excluding diaryl/α,β-unsaturated/α-hetero) is 1. The molecule has 0 aliphatic heterocycles. The van der Waals surface area contributed by atoms with E-state index in [0.717, 1.165) is 5.57 Å². The number of rotatable bonds is 3. The molecule has 104 valence electrons. The summed E-state index contributed by atoms with van der Waals surface area (Å²) < 4.78 is 5.50. The summed E-state index contributed by atoms with van der Waals surface area (Å²) in [5.41, 5.74) is 1.70. The highest BCUT2D eigenvalue weighted by atomic mass is 16.4. The second kappa shape index (κ2) is 4.89. The third-order valence-electron chi connectivity index (χ3n) is 2.99. The molecule has 2 aromatic rings. The number of hydrogen-bond acceptors (Lipinski definition) is 4. The Morgan fingerprint density at radius 1 is 1.25 bits per heavy atom. The standard InChI is InChI=1S/C16H16O4/c1-5-10-7-11(9(4)17)13-15(19)12(6-8(2)3)20-16(13)14(10)18/h5-7,18-19H,1H2,2-4H3. The number of ketones is 1. The minimum Gasteiger partial charge on any atom is -0.504 e. The number of phenolic OH excluding ortho intramolecular Hbond substituents is 1. The van der Waals surface area contributed by atoms with E-state index in [1.165, 1.54) is 19.1 Å². The Bertz CT molecular complexity index is 744. The summed E-state index contributed by atoms with van der Waals surface area (Å²) in [6.45, 7) is 8.69. The smallest absolute Gasteiger partial charge is 0.181 e. The van der Waals surface area contributed by atoms with Crippen LogP contribution in [0.4, 0.5) is 0 Å². The van der Waals surface area contributed by atoms with Crippen LogP contribution in [-0.4, -0.2) is 16.0 Å². The van der Waals surface area contributed by atoms with Crippen molar-refractivity contribution in [2.45, 2.75) is 20.8 Å². The molecule has 0 fully saturated rings. The fourth-order valence-corrected chi connectivity index (χ4v) is 2.08. The van der Waals surface area contributed by atoms with Gasteiger partial charge < -0.3 is 14.6 Å². The molecular formula is C16H16O4. The zero-order valence-corrected chi connectivity index (χ0v) is 11.7.